The van der Waals surface area contributed by atoms with E-state index in [1.807, 2.05) is 6.92 Å². The van der Waals surface area contributed by atoms with Gasteiger partial charge in [0.25, 0.3) is 0 Å². The number of rotatable bonds is 7. The van der Waals surface area contributed by atoms with Gasteiger partial charge in [0.1, 0.15) is 5.60 Å². The van der Waals surface area contributed by atoms with E-state index in [1.165, 1.54) is 0 Å². The van der Waals surface area contributed by atoms with Gasteiger partial charge in [0, 0.05) is 18.1 Å². The highest BCUT2D eigenvalue weighted by atomic mass is 35.5. The molecule has 0 heterocycles. The van der Waals surface area contributed by atoms with Gasteiger partial charge in [-0.1, -0.05) is 37.1 Å². The van der Waals surface area contributed by atoms with E-state index in [2.05, 4.69) is 4.72 Å². The van der Waals surface area contributed by atoms with Crippen LogP contribution in [0.2, 0.25) is 5.02 Å². The van der Waals surface area contributed by atoms with E-state index in [1.54, 1.807) is 45.0 Å². The van der Waals surface area contributed by atoms with Crippen LogP contribution in [0.4, 0.5) is 4.79 Å². The second-order valence-electron chi connectivity index (χ2n) is 6.36. The van der Waals surface area contributed by atoms with E-state index < -0.39 is 21.9 Å². The summed E-state index contributed by atoms with van der Waals surface area (Å²) in [5.41, 5.74) is -0.0321. The number of nitrogens with one attached hydrogen (secondary N) is 1. The van der Waals surface area contributed by atoms with Crippen molar-refractivity contribution in [2.24, 2.45) is 0 Å². The quantitative estimate of drug-likeness (QED) is 0.786. The lowest BCUT2D eigenvalue weighted by Gasteiger charge is -2.27. The smallest absolute Gasteiger partial charge is 0.425 e. The zero-order chi connectivity index (χ0) is 18.4. The number of carbonyl (C=O) groups is 1. The van der Waals surface area contributed by atoms with Crippen LogP contribution in [-0.2, 0) is 21.5 Å². The SMILES string of the molecule is CCCCN(C(=O)OC(C)(C)C)S(=O)(=O)NCc1ccc(Cl)cc1. The van der Waals surface area contributed by atoms with Gasteiger partial charge < -0.3 is 4.74 Å². The van der Waals surface area contributed by atoms with Crippen LogP contribution in [0.3, 0.4) is 0 Å². The molecule has 0 saturated heterocycles. The van der Waals surface area contributed by atoms with E-state index in [0.29, 0.717) is 11.4 Å². The van der Waals surface area contributed by atoms with Crippen molar-refractivity contribution in [3.05, 3.63) is 34.9 Å². The van der Waals surface area contributed by atoms with Gasteiger partial charge in [-0.3, -0.25) is 0 Å². The van der Waals surface area contributed by atoms with Crippen LogP contribution < -0.4 is 4.72 Å². The third kappa shape index (κ3) is 7.07. The van der Waals surface area contributed by atoms with Gasteiger partial charge in [-0.25, -0.2) is 4.79 Å². The lowest BCUT2D eigenvalue weighted by molar-refractivity contribution is 0.0388. The molecule has 0 saturated carbocycles. The Labute approximate surface area is 149 Å². The molecule has 136 valence electrons. The maximum atomic E-state index is 12.5. The van der Waals surface area contributed by atoms with Crippen molar-refractivity contribution < 1.29 is 17.9 Å². The third-order valence-corrected chi connectivity index (χ3v) is 4.65. The lowest BCUT2D eigenvalue weighted by Crippen LogP contribution is -2.46. The first-order chi connectivity index (χ1) is 11.0. The second-order valence-corrected chi connectivity index (χ2v) is 8.47. The molecule has 1 N–H and O–H groups in total. The Bertz CT molecular complexity index is 639. The molecular formula is C16H25ClN2O4S. The molecule has 6 nitrogen and oxygen atoms in total. The molecule has 0 aliphatic heterocycles. The van der Waals surface area contributed by atoms with Crippen LogP contribution >= 0.6 is 11.6 Å². The Morgan fingerprint density at radius 3 is 2.33 bits per heavy atom. The van der Waals surface area contributed by atoms with Crippen LogP contribution in [0, 0.1) is 0 Å². The second kappa shape index (κ2) is 8.69. The zero-order valence-electron chi connectivity index (χ0n) is 14.5. The fourth-order valence-electron chi connectivity index (χ4n) is 1.78. The Morgan fingerprint density at radius 2 is 1.83 bits per heavy atom. The minimum absolute atomic E-state index is 0.0604. The summed E-state index contributed by atoms with van der Waals surface area (Å²) < 4.78 is 33.4. The Hall–Kier alpha value is -1.31. The summed E-state index contributed by atoms with van der Waals surface area (Å²) >= 11 is 5.80. The molecule has 0 aliphatic carbocycles. The van der Waals surface area contributed by atoms with Crippen LogP contribution in [0.15, 0.2) is 24.3 Å². The predicted octanol–water partition coefficient (Wildman–Crippen LogP) is 3.71. The number of ether oxygens (including phenoxy) is 1. The van der Waals surface area contributed by atoms with Gasteiger partial charge in [-0.05, 0) is 44.9 Å². The average Bonchev–Trinajstić information content (AvgIpc) is 2.45. The van der Waals surface area contributed by atoms with Crippen LogP contribution in [0.1, 0.15) is 46.1 Å². The zero-order valence-corrected chi connectivity index (χ0v) is 16.1. The number of halogens is 1. The molecule has 0 bridgehead atoms. The lowest BCUT2D eigenvalue weighted by atomic mass is 10.2. The van der Waals surface area contributed by atoms with Crippen LogP contribution in [0.5, 0.6) is 0 Å². The Kier molecular flexibility index (Phi) is 7.51. The number of unbranched alkanes of at least 4 members (excludes halogenated alkanes) is 1. The predicted molar refractivity (Wildman–Crippen MR) is 95.1 cm³/mol. The monoisotopic (exact) mass is 376 g/mol. The van der Waals surface area contributed by atoms with Gasteiger partial charge in [-0.15, -0.1) is 0 Å². The number of amides is 1. The van der Waals surface area contributed by atoms with Crippen molar-refractivity contribution in [1.29, 1.82) is 0 Å². The molecule has 1 aromatic rings. The summed E-state index contributed by atoms with van der Waals surface area (Å²) in [7, 11) is -4.00. The molecule has 1 aromatic carbocycles. The van der Waals surface area contributed by atoms with E-state index in [0.717, 1.165) is 16.3 Å². The molecule has 0 aromatic heterocycles. The van der Waals surface area contributed by atoms with Crippen molar-refractivity contribution in [3.8, 4) is 0 Å². The molecular weight excluding hydrogens is 352 g/mol. The Balaban J connectivity index is 2.85. The van der Waals surface area contributed by atoms with E-state index in [-0.39, 0.29) is 13.1 Å². The molecule has 0 radical (unpaired) electrons. The molecule has 0 aliphatic rings. The highest BCUT2D eigenvalue weighted by molar-refractivity contribution is 7.87. The summed E-state index contributed by atoms with van der Waals surface area (Å²) in [6.07, 6.45) is 0.437. The summed E-state index contributed by atoms with van der Waals surface area (Å²) in [5, 5.41) is 0.569. The minimum Gasteiger partial charge on any atom is -0.443 e. The number of nitrogens with zero attached hydrogens (tertiary/aromatic N) is 1. The summed E-state index contributed by atoms with van der Waals surface area (Å²) in [5.74, 6) is 0. The minimum atomic E-state index is -4.00. The highest BCUT2D eigenvalue weighted by Gasteiger charge is 2.31. The fourth-order valence-corrected chi connectivity index (χ4v) is 3.01. The van der Waals surface area contributed by atoms with Gasteiger partial charge in [0.05, 0.1) is 0 Å². The molecule has 1 rings (SSSR count). The largest absolute Gasteiger partial charge is 0.443 e. The molecule has 0 atom stereocenters. The first-order valence-electron chi connectivity index (χ1n) is 7.80. The fraction of sp³-hybridized carbons (Fsp3) is 0.562. The summed E-state index contributed by atoms with van der Waals surface area (Å²) in [6, 6.07) is 6.78. The Morgan fingerprint density at radius 1 is 1.25 bits per heavy atom. The van der Waals surface area contributed by atoms with Crippen molar-refractivity contribution in [3.63, 3.8) is 0 Å². The maximum absolute atomic E-state index is 12.5. The van der Waals surface area contributed by atoms with Crippen LogP contribution in [-0.4, -0.2) is 31.0 Å². The van der Waals surface area contributed by atoms with Gasteiger partial charge in [-0.2, -0.15) is 17.4 Å². The highest BCUT2D eigenvalue weighted by Crippen LogP contribution is 2.14. The molecule has 1 amide bonds. The van der Waals surface area contributed by atoms with Crippen molar-refractivity contribution >= 4 is 27.9 Å². The van der Waals surface area contributed by atoms with Crippen molar-refractivity contribution in [2.75, 3.05) is 6.54 Å². The average molecular weight is 377 g/mol. The molecule has 0 unspecified atom stereocenters. The normalized spacial score (nSPS) is 12.0. The van der Waals surface area contributed by atoms with Gasteiger partial charge in [0.15, 0.2) is 0 Å². The van der Waals surface area contributed by atoms with Crippen molar-refractivity contribution in [1.82, 2.24) is 9.03 Å². The van der Waals surface area contributed by atoms with Gasteiger partial charge in [0.2, 0.25) is 0 Å². The van der Waals surface area contributed by atoms with Gasteiger partial charge >= 0.3 is 16.3 Å². The summed E-state index contributed by atoms with van der Waals surface area (Å²) in [6.45, 7) is 7.12. The first kappa shape index (κ1) is 20.7. The number of hydrogen-bond acceptors (Lipinski definition) is 4. The van der Waals surface area contributed by atoms with Crippen molar-refractivity contribution in [2.45, 2.75) is 52.7 Å². The topological polar surface area (TPSA) is 75.7 Å². The van der Waals surface area contributed by atoms with E-state index in [9.17, 15) is 13.2 Å². The maximum Gasteiger partial charge on any atom is 0.425 e. The summed E-state index contributed by atoms with van der Waals surface area (Å²) in [4.78, 5) is 12.2. The number of benzene rings is 1. The molecule has 24 heavy (non-hydrogen) atoms. The first-order valence-corrected chi connectivity index (χ1v) is 9.61. The molecule has 0 fully saturated rings. The standard InChI is InChI=1S/C16H25ClN2O4S/c1-5-6-11-19(15(20)23-16(2,3)4)24(21,22)18-12-13-7-9-14(17)10-8-13/h7-10,18H,5-6,11-12H2,1-4H3. The molecule has 8 heteroatoms. The third-order valence-electron chi connectivity index (χ3n) is 2.97. The number of carbonyl (C=O) groups excluding carboxylic acids is 1. The van der Waals surface area contributed by atoms with Crippen LogP contribution in [0.25, 0.3) is 0 Å². The van der Waals surface area contributed by atoms with E-state index >= 15 is 0 Å². The molecule has 0 spiro atoms. The number of hydrogen-bond donors (Lipinski definition) is 1. The van der Waals surface area contributed by atoms with E-state index in [4.69, 9.17) is 16.3 Å².